The predicted octanol–water partition coefficient (Wildman–Crippen LogP) is 2.37. The topological polar surface area (TPSA) is 64.6 Å². The Kier molecular flexibility index (Phi) is 6.11. The minimum absolute atomic E-state index is 0.0506. The zero-order chi connectivity index (χ0) is 15.1. The van der Waals surface area contributed by atoms with Gasteiger partial charge in [-0.3, -0.25) is 4.79 Å². The van der Waals surface area contributed by atoms with Gasteiger partial charge in [-0.15, -0.1) is 0 Å². The van der Waals surface area contributed by atoms with Gasteiger partial charge in [-0.1, -0.05) is 0 Å². The number of amides is 1. The highest BCUT2D eigenvalue weighted by Crippen LogP contribution is 2.16. The second kappa shape index (κ2) is 7.59. The summed E-state index contributed by atoms with van der Waals surface area (Å²) in [6.45, 7) is 5.42. The van der Waals surface area contributed by atoms with Crippen molar-refractivity contribution in [1.82, 2.24) is 0 Å². The summed E-state index contributed by atoms with van der Waals surface area (Å²) < 4.78 is 23.6. The van der Waals surface area contributed by atoms with Crippen molar-refractivity contribution in [2.75, 3.05) is 18.5 Å². The molecule has 1 rings (SSSR count). The number of esters is 1. The highest BCUT2D eigenvalue weighted by atomic mass is 19.1. The maximum absolute atomic E-state index is 13.4. The zero-order valence-electron chi connectivity index (χ0n) is 11.7. The lowest BCUT2D eigenvalue weighted by molar-refractivity contribution is -0.114. The Bertz CT molecular complexity index is 488. The van der Waals surface area contributed by atoms with E-state index >= 15 is 0 Å². The van der Waals surface area contributed by atoms with Crippen LogP contribution in [0.2, 0.25) is 0 Å². The number of carbonyl (C=O) groups is 2. The van der Waals surface area contributed by atoms with E-state index in [9.17, 15) is 14.0 Å². The third kappa shape index (κ3) is 5.36. The molecule has 5 nitrogen and oxygen atoms in total. The molecule has 1 aromatic rings. The first-order valence-corrected chi connectivity index (χ1v) is 6.26. The Labute approximate surface area is 117 Å². The zero-order valence-corrected chi connectivity index (χ0v) is 11.7. The summed E-state index contributed by atoms with van der Waals surface area (Å²) in [5.74, 6) is -1.62. The molecule has 0 bridgehead atoms. The minimum Gasteiger partial charge on any atom is -0.460 e. The molecule has 0 saturated carbocycles. The van der Waals surface area contributed by atoms with E-state index in [-0.39, 0.29) is 24.0 Å². The van der Waals surface area contributed by atoms with E-state index in [0.29, 0.717) is 6.61 Å². The Morgan fingerprint density at radius 3 is 2.60 bits per heavy atom. The van der Waals surface area contributed by atoms with Gasteiger partial charge in [0.15, 0.2) is 0 Å². The Morgan fingerprint density at radius 1 is 1.30 bits per heavy atom. The molecule has 0 unspecified atom stereocenters. The SMILES string of the molecule is CC(=O)Nc1cc(C(=O)OCCOC(C)C)ccc1F. The lowest BCUT2D eigenvalue weighted by atomic mass is 10.2. The fourth-order valence-corrected chi connectivity index (χ4v) is 1.44. The number of ether oxygens (including phenoxy) is 2. The number of rotatable bonds is 6. The summed E-state index contributed by atoms with van der Waals surface area (Å²) in [7, 11) is 0. The number of anilines is 1. The van der Waals surface area contributed by atoms with E-state index in [1.54, 1.807) is 0 Å². The number of nitrogens with one attached hydrogen (secondary N) is 1. The lowest BCUT2D eigenvalue weighted by Crippen LogP contribution is -2.14. The number of halogens is 1. The second-order valence-electron chi connectivity index (χ2n) is 4.43. The first-order chi connectivity index (χ1) is 9.40. The molecule has 0 saturated heterocycles. The van der Waals surface area contributed by atoms with Crippen molar-refractivity contribution >= 4 is 17.6 Å². The third-order valence-electron chi connectivity index (χ3n) is 2.28. The fourth-order valence-electron chi connectivity index (χ4n) is 1.44. The van der Waals surface area contributed by atoms with Crippen molar-refractivity contribution in [2.24, 2.45) is 0 Å². The van der Waals surface area contributed by atoms with Crippen LogP contribution in [0.3, 0.4) is 0 Å². The maximum Gasteiger partial charge on any atom is 0.338 e. The van der Waals surface area contributed by atoms with Gasteiger partial charge in [0, 0.05) is 6.92 Å². The molecule has 0 aliphatic carbocycles. The summed E-state index contributed by atoms with van der Waals surface area (Å²) in [4.78, 5) is 22.6. The molecule has 1 N–H and O–H groups in total. The fraction of sp³-hybridized carbons (Fsp3) is 0.429. The van der Waals surface area contributed by atoms with Gasteiger partial charge in [-0.25, -0.2) is 9.18 Å². The van der Waals surface area contributed by atoms with Crippen LogP contribution in [0, 0.1) is 5.82 Å². The van der Waals surface area contributed by atoms with E-state index in [2.05, 4.69) is 5.32 Å². The normalized spacial score (nSPS) is 10.4. The molecule has 1 amide bonds. The number of benzene rings is 1. The highest BCUT2D eigenvalue weighted by Gasteiger charge is 2.11. The van der Waals surface area contributed by atoms with Gasteiger partial charge in [0.1, 0.15) is 12.4 Å². The smallest absolute Gasteiger partial charge is 0.338 e. The van der Waals surface area contributed by atoms with Crippen molar-refractivity contribution in [3.63, 3.8) is 0 Å². The van der Waals surface area contributed by atoms with E-state index in [1.165, 1.54) is 19.1 Å². The molecule has 0 fully saturated rings. The van der Waals surface area contributed by atoms with Gasteiger partial charge in [0.25, 0.3) is 0 Å². The molecule has 0 spiro atoms. The van der Waals surface area contributed by atoms with E-state index < -0.39 is 17.7 Å². The first-order valence-electron chi connectivity index (χ1n) is 6.26. The van der Waals surface area contributed by atoms with Gasteiger partial charge in [-0.2, -0.15) is 0 Å². The standard InChI is InChI=1S/C14H18FNO4/c1-9(2)19-6-7-20-14(18)11-4-5-12(15)13(8-11)16-10(3)17/h4-5,8-9H,6-7H2,1-3H3,(H,16,17). The molecule has 0 heterocycles. The van der Waals surface area contributed by atoms with Crippen molar-refractivity contribution in [2.45, 2.75) is 26.9 Å². The average molecular weight is 283 g/mol. The van der Waals surface area contributed by atoms with Crippen LogP contribution in [-0.4, -0.2) is 31.2 Å². The average Bonchev–Trinajstić information content (AvgIpc) is 2.36. The lowest BCUT2D eigenvalue weighted by Gasteiger charge is -2.09. The van der Waals surface area contributed by atoms with Crippen LogP contribution >= 0.6 is 0 Å². The quantitative estimate of drug-likeness (QED) is 0.643. The van der Waals surface area contributed by atoms with Crippen LogP contribution in [0.5, 0.6) is 0 Å². The van der Waals surface area contributed by atoms with E-state index in [4.69, 9.17) is 9.47 Å². The molecule has 110 valence electrons. The predicted molar refractivity (Wildman–Crippen MR) is 72.1 cm³/mol. The molecule has 0 radical (unpaired) electrons. The molecular weight excluding hydrogens is 265 g/mol. The summed E-state index contributed by atoms with van der Waals surface area (Å²) in [5, 5.41) is 2.30. The Balaban J connectivity index is 2.62. The van der Waals surface area contributed by atoms with E-state index in [1.807, 2.05) is 13.8 Å². The summed E-state index contributed by atoms with van der Waals surface area (Å²) in [5.41, 5.74) is 0.116. The van der Waals surface area contributed by atoms with Crippen molar-refractivity contribution < 1.29 is 23.5 Å². The van der Waals surface area contributed by atoms with Crippen LogP contribution in [0.25, 0.3) is 0 Å². The van der Waals surface area contributed by atoms with Crippen LogP contribution < -0.4 is 5.32 Å². The Morgan fingerprint density at radius 2 is 2.00 bits per heavy atom. The molecule has 20 heavy (non-hydrogen) atoms. The third-order valence-corrected chi connectivity index (χ3v) is 2.28. The van der Waals surface area contributed by atoms with Crippen molar-refractivity contribution in [1.29, 1.82) is 0 Å². The summed E-state index contributed by atoms with van der Waals surface area (Å²) >= 11 is 0. The van der Waals surface area contributed by atoms with Gasteiger partial charge < -0.3 is 14.8 Å². The van der Waals surface area contributed by atoms with Crippen molar-refractivity contribution in [3.8, 4) is 0 Å². The minimum atomic E-state index is -0.611. The van der Waals surface area contributed by atoms with Crippen LogP contribution in [-0.2, 0) is 14.3 Å². The van der Waals surface area contributed by atoms with Crippen LogP contribution in [0.4, 0.5) is 10.1 Å². The van der Waals surface area contributed by atoms with E-state index in [0.717, 1.165) is 6.07 Å². The summed E-state index contributed by atoms with van der Waals surface area (Å²) in [6.07, 6.45) is 0.0610. The van der Waals surface area contributed by atoms with Crippen molar-refractivity contribution in [3.05, 3.63) is 29.6 Å². The first kappa shape index (κ1) is 16.1. The largest absolute Gasteiger partial charge is 0.460 e. The van der Waals surface area contributed by atoms with Crippen LogP contribution in [0.15, 0.2) is 18.2 Å². The molecule has 6 heteroatoms. The molecular formula is C14H18FNO4. The molecule has 0 atom stereocenters. The second-order valence-corrected chi connectivity index (χ2v) is 4.43. The molecule has 0 aromatic heterocycles. The number of hydrogen-bond donors (Lipinski definition) is 1. The molecule has 1 aromatic carbocycles. The van der Waals surface area contributed by atoms with Gasteiger partial charge in [0.05, 0.1) is 24.0 Å². The number of hydrogen-bond acceptors (Lipinski definition) is 4. The van der Waals surface area contributed by atoms with Crippen LogP contribution in [0.1, 0.15) is 31.1 Å². The monoisotopic (exact) mass is 283 g/mol. The summed E-state index contributed by atoms with van der Waals surface area (Å²) in [6, 6.07) is 3.64. The molecule has 0 aliphatic heterocycles. The van der Waals surface area contributed by atoms with Gasteiger partial charge in [0.2, 0.25) is 5.91 Å². The highest BCUT2D eigenvalue weighted by molar-refractivity contribution is 5.93. The number of carbonyl (C=O) groups excluding carboxylic acids is 2. The molecule has 0 aliphatic rings. The van der Waals surface area contributed by atoms with Gasteiger partial charge >= 0.3 is 5.97 Å². The van der Waals surface area contributed by atoms with Gasteiger partial charge in [-0.05, 0) is 32.0 Å². The maximum atomic E-state index is 13.4. The Hall–Kier alpha value is -1.95.